The summed E-state index contributed by atoms with van der Waals surface area (Å²) in [5.74, 6) is -1.03. The summed E-state index contributed by atoms with van der Waals surface area (Å²) >= 11 is 6.02. The van der Waals surface area contributed by atoms with E-state index in [2.05, 4.69) is 0 Å². The number of carbonyl (C=O) groups is 2. The molecule has 2 aliphatic rings. The van der Waals surface area contributed by atoms with Gasteiger partial charge in [-0.25, -0.2) is 5.06 Å². The van der Waals surface area contributed by atoms with Crippen molar-refractivity contribution in [2.75, 3.05) is 30.6 Å². The fourth-order valence-corrected chi connectivity index (χ4v) is 4.03. The highest BCUT2D eigenvalue weighted by Gasteiger charge is 2.59. The van der Waals surface area contributed by atoms with Crippen LogP contribution < -0.4 is 9.96 Å². The van der Waals surface area contributed by atoms with Gasteiger partial charge in [0.05, 0.1) is 11.7 Å². The summed E-state index contributed by atoms with van der Waals surface area (Å²) in [5, 5.41) is 2.29. The van der Waals surface area contributed by atoms with Crippen molar-refractivity contribution in [2.24, 2.45) is 5.92 Å². The Balaban J connectivity index is 1.77. The van der Waals surface area contributed by atoms with Gasteiger partial charge in [-0.05, 0) is 48.9 Å². The zero-order valence-electron chi connectivity index (χ0n) is 16.0. The Bertz CT molecular complexity index is 898. The quantitative estimate of drug-likeness (QED) is 0.738. The third-order valence-electron chi connectivity index (χ3n) is 5.36. The minimum absolute atomic E-state index is 0.185. The topological polar surface area (TPSA) is 53.1 Å². The number of carbonyl (C=O) groups excluding carboxylic acids is 2. The molecule has 0 saturated carbocycles. The molecule has 7 heteroatoms. The number of nitrogens with zero attached hydrogens (tertiary/aromatic N) is 3. The first-order valence-corrected chi connectivity index (χ1v) is 9.64. The molecule has 2 aliphatic heterocycles. The molecular weight excluding hydrogens is 378 g/mol. The van der Waals surface area contributed by atoms with Gasteiger partial charge in [-0.1, -0.05) is 23.7 Å². The van der Waals surface area contributed by atoms with Gasteiger partial charge in [-0.2, -0.15) is 0 Å². The van der Waals surface area contributed by atoms with Gasteiger partial charge in [0.1, 0.15) is 5.92 Å². The lowest BCUT2D eigenvalue weighted by Crippen LogP contribution is -2.37. The maximum Gasteiger partial charge on any atom is 0.261 e. The average Bonchev–Trinajstić information content (AvgIpc) is 3.19. The van der Waals surface area contributed by atoms with Crippen LogP contribution in [0.25, 0.3) is 0 Å². The number of rotatable bonds is 4. The van der Waals surface area contributed by atoms with E-state index in [1.165, 1.54) is 4.90 Å². The largest absolute Gasteiger partial charge is 0.378 e. The summed E-state index contributed by atoms with van der Waals surface area (Å²) in [4.78, 5) is 35.0. The summed E-state index contributed by atoms with van der Waals surface area (Å²) < 4.78 is 0. The molecule has 0 unspecified atom stereocenters. The SMILES string of the molecule is CCN1C(=O)[C@H]2[C@@H](c3ccc(N(C)C)cc3)N(c3ccc(Cl)cc3)O[C@H]2C1=O. The van der Waals surface area contributed by atoms with Gasteiger partial charge in [-0.15, -0.1) is 0 Å². The summed E-state index contributed by atoms with van der Waals surface area (Å²) in [5.41, 5.74) is 2.73. The van der Waals surface area contributed by atoms with Crippen LogP contribution >= 0.6 is 11.6 Å². The van der Waals surface area contributed by atoms with Gasteiger partial charge < -0.3 is 4.90 Å². The van der Waals surface area contributed by atoms with Crippen LogP contribution in [0.3, 0.4) is 0 Å². The highest BCUT2D eigenvalue weighted by Crippen LogP contribution is 2.46. The fraction of sp³-hybridized carbons (Fsp3) is 0.333. The summed E-state index contributed by atoms with van der Waals surface area (Å²) in [6, 6.07) is 14.8. The molecule has 0 bridgehead atoms. The van der Waals surface area contributed by atoms with Crippen LogP contribution in [0, 0.1) is 5.92 Å². The molecule has 0 aromatic heterocycles. The normalized spacial score (nSPS) is 24.1. The van der Waals surface area contributed by atoms with Crippen molar-refractivity contribution in [1.82, 2.24) is 4.90 Å². The third kappa shape index (κ3) is 2.93. The summed E-state index contributed by atoms with van der Waals surface area (Å²) in [7, 11) is 3.95. The first-order chi connectivity index (χ1) is 13.4. The van der Waals surface area contributed by atoms with Crippen LogP contribution in [0.2, 0.25) is 5.02 Å². The molecule has 2 saturated heterocycles. The van der Waals surface area contributed by atoms with Crippen LogP contribution in [0.4, 0.5) is 11.4 Å². The van der Waals surface area contributed by atoms with Crippen molar-refractivity contribution in [3.63, 3.8) is 0 Å². The lowest BCUT2D eigenvalue weighted by Gasteiger charge is -2.29. The van der Waals surface area contributed by atoms with Crippen LogP contribution in [0.15, 0.2) is 48.5 Å². The van der Waals surface area contributed by atoms with Crippen LogP contribution in [-0.4, -0.2) is 43.5 Å². The van der Waals surface area contributed by atoms with E-state index in [0.29, 0.717) is 11.6 Å². The maximum atomic E-state index is 13.0. The van der Waals surface area contributed by atoms with E-state index in [0.717, 1.165) is 16.9 Å². The molecule has 0 aliphatic carbocycles. The highest BCUT2D eigenvalue weighted by molar-refractivity contribution is 6.30. The number of imide groups is 1. The minimum atomic E-state index is -0.804. The number of likely N-dealkylation sites (tertiary alicyclic amines) is 1. The predicted molar refractivity (Wildman–Crippen MR) is 108 cm³/mol. The Morgan fingerprint density at radius 2 is 1.64 bits per heavy atom. The van der Waals surface area contributed by atoms with Gasteiger partial charge in [0.25, 0.3) is 5.91 Å². The number of halogens is 1. The molecule has 2 heterocycles. The fourth-order valence-electron chi connectivity index (χ4n) is 3.90. The number of amides is 2. The molecule has 2 aromatic carbocycles. The van der Waals surface area contributed by atoms with Crippen molar-refractivity contribution in [1.29, 1.82) is 0 Å². The van der Waals surface area contributed by atoms with Crippen molar-refractivity contribution >= 4 is 34.8 Å². The number of anilines is 2. The molecule has 2 aromatic rings. The van der Waals surface area contributed by atoms with Gasteiger partial charge in [0, 0.05) is 31.4 Å². The number of hydroxylamine groups is 1. The lowest BCUT2D eigenvalue weighted by molar-refractivity contribution is -0.142. The molecule has 0 spiro atoms. The first-order valence-electron chi connectivity index (χ1n) is 9.26. The van der Waals surface area contributed by atoms with E-state index in [4.69, 9.17) is 16.4 Å². The predicted octanol–water partition coefficient (Wildman–Crippen LogP) is 3.27. The number of fused-ring (bicyclic) bond motifs is 1. The monoisotopic (exact) mass is 399 g/mol. The van der Waals surface area contributed by atoms with Crippen LogP contribution in [0.5, 0.6) is 0 Å². The standard InChI is InChI=1S/C21H22ClN3O3/c1-4-24-20(26)17-18(13-5-9-15(10-6-13)23(2)3)25(28-19(17)21(24)27)16-11-7-14(22)8-12-16/h5-12,17-19H,4H2,1-3H3/t17-,18+,19+/m0/s1. The molecular formula is C21H22ClN3O3. The van der Waals surface area contributed by atoms with Gasteiger partial charge in [0.15, 0.2) is 6.10 Å². The summed E-state index contributed by atoms with van der Waals surface area (Å²) in [6.45, 7) is 2.15. The second kappa shape index (κ2) is 7.11. The van der Waals surface area contributed by atoms with Crippen molar-refractivity contribution in [3.05, 3.63) is 59.1 Å². The maximum absolute atomic E-state index is 13.0. The third-order valence-corrected chi connectivity index (χ3v) is 5.61. The molecule has 4 rings (SSSR count). The van der Waals surface area contributed by atoms with Crippen LogP contribution in [-0.2, 0) is 14.4 Å². The molecule has 28 heavy (non-hydrogen) atoms. The number of hydrogen-bond donors (Lipinski definition) is 0. The number of benzene rings is 2. The van der Waals surface area contributed by atoms with Crippen molar-refractivity contribution in [3.8, 4) is 0 Å². The molecule has 146 valence electrons. The van der Waals surface area contributed by atoms with E-state index in [-0.39, 0.29) is 11.8 Å². The second-order valence-electron chi connectivity index (χ2n) is 7.21. The van der Waals surface area contributed by atoms with Gasteiger partial charge in [0.2, 0.25) is 5.91 Å². The second-order valence-corrected chi connectivity index (χ2v) is 7.64. The Labute approximate surface area is 169 Å². The number of likely N-dealkylation sites (N-methyl/N-ethyl adjacent to an activating group) is 1. The van der Waals surface area contributed by atoms with Gasteiger partial charge in [-0.3, -0.25) is 19.3 Å². The Hall–Kier alpha value is -2.57. The van der Waals surface area contributed by atoms with Crippen molar-refractivity contribution < 1.29 is 14.4 Å². The smallest absolute Gasteiger partial charge is 0.261 e. The molecule has 3 atom stereocenters. The Morgan fingerprint density at radius 1 is 1.00 bits per heavy atom. The molecule has 2 amide bonds. The summed E-state index contributed by atoms with van der Waals surface area (Å²) in [6.07, 6.45) is -0.804. The Kier molecular flexibility index (Phi) is 4.77. The van der Waals surface area contributed by atoms with Crippen LogP contribution in [0.1, 0.15) is 18.5 Å². The first kappa shape index (κ1) is 18.8. The average molecular weight is 400 g/mol. The molecule has 6 nitrogen and oxygen atoms in total. The zero-order valence-corrected chi connectivity index (χ0v) is 16.8. The molecule has 0 N–H and O–H groups in total. The Morgan fingerprint density at radius 3 is 2.21 bits per heavy atom. The molecule has 2 fully saturated rings. The molecule has 0 radical (unpaired) electrons. The van der Waals surface area contributed by atoms with Crippen molar-refractivity contribution in [2.45, 2.75) is 19.1 Å². The van der Waals surface area contributed by atoms with E-state index in [1.54, 1.807) is 24.1 Å². The van der Waals surface area contributed by atoms with Gasteiger partial charge >= 0.3 is 0 Å². The lowest BCUT2D eigenvalue weighted by atomic mass is 9.90. The van der Waals surface area contributed by atoms with E-state index in [1.807, 2.05) is 55.4 Å². The number of hydrogen-bond acceptors (Lipinski definition) is 5. The van der Waals surface area contributed by atoms with E-state index >= 15 is 0 Å². The van der Waals surface area contributed by atoms with E-state index < -0.39 is 18.1 Å². The zero-order chi connectivity index (χ0) is 20.0. The highest BCUT2D eigenvalue weighted by atomic mass is 35.5. The van der Waals surface area contributed by atoms with E-state index in [9.17, 15) is 9.59 Å². The minimum Gasteiger partial charge on any atom is -0.378 e.